The molecule has 0 radical (unpaired) electrons. The first kappa shape index (κ1) is 14.4. The monoisotopic (exact) mass is 272 g/mol. The zero-order chi connectivity index (χ0) is 13.7. The van der Waals surface area contributed by atoms with E-state index < -0.39 is 0 Å². The molecule has 0 saturated heterocycles. The Balaban J connectivity index is 3.01. The van der Waals surface area contributed by atoms with Gasteiger partial charge in [0.25, 0.3) is 0 Å². The molecule has 18 heavy (non-hydrogen) atoms. The van der Waals surface area contributed by atoms with Gasteiger partial charge in [-0.05, 0) is 13.0 Å². The number of benzene rings is 1. The second-order valence-electron chi connectivity index (χ2n) is 3.63. The van der Waals surface area contributed by atoms with Gasteiger partial charge in [0.2, 0.25) is 0 Å². The zero-order valence-electron chi connectivity index (χ0n) is 10.9. The fourth-order valence-electron chi connectivity index (χ4n) is 1.31. The van der Waals surface area contributed by atoms with Crippen LogP contribution in [0.4, 0.5) is 10.5 Å². The van der Waals surface area contributed by atoms with Crippen LogP contribution in [0, 0.1) is 0 Å². The maximum atomic E-state index is 11.8. The Morgan fingerprint density at radius 2 is 1.94 bits per heavy atom. The minimum atomic E-state index is -0.225. The zero-order valence-corrected chi connectivity index (χ0v) is 11.7. The van der Waals surface area contributed by atoms with Crippen LogP contribution in [0.15, 0.2) is 12.1 Å². The third-order valence-corrected chi connectivity index (χ3v) is 2.83. The third-order valence-electron chi connectivity index (χ3n) is 2.54. The lowest BCUT2D eigenvalue weighted by molar-refractivity contribution is 0.224. The Hall–Kier alpha value is -1.62. The summed E-state index contributed by atoms with van der Waals surface area (Å²) in [5.74, 6) is 0.990. The van der Waals surface area contributed by atoms with Gasteiger partial charge in [-0.15, -0.1) is 0 Å². The Morgan fingerprint density at radius 3 is 2.44 bits per heavy atom. The first-order valence-corrected chi connectivity index (χ1v) is 5.84. The number of methoxy groups -OCH3 is 2. The number of carbonyl (C=O) groups excluding carboxylic acids is 1. The Kier molecular flexibility index (Phi) is 5.09. The third kappa shape index (κ3) is 3.20. The molecule has 1 aromatic rings. The quantitative estimate of drug-likeness (QED) is 0.917. The molecule has 0 bridgehead atoms. The minimum Gasteiger partial charge on any atom is -0.495 e. The molecule has 0 aromatic heterocycles. The fourth-order valence-corrected chi connectivity index (χ4v) is 1.55. The van der Waals surface area contributed by atoms with E-state index >= 15 is 0 Å². The van der Waals surface area contributed by atoms with Gasteiger partial charge in [-0.1, -0.05) is 11.6 Å². The van der Waals surface area contributed by atoms with Gasteiger partial charge in [0.05, 0.1) is 24.9 Å². The molecule has 5 nitrogen and oxygen atoms in total. The first-order chi connectivity index (χ1) is 8.53. The summed E-state index contributed by atoms with van der Waals surface area (Å²) >= 11 is 6.01. The molecule has 0 fully saturated rings. The average Bonchev–Trinajstić information content (AvgIpc) is 2.38. The maximum Gasteiger partial charge on any atom is 0.321 e. The highest BCUT2D eigenvalue weighted by Gasteiger charge is 2.13. The molecule has 0 aliphatic heterocycles. The van der Waals surface area contributed by atoms with Gasteiger partial charge in [0, 0.05) is 19.7 Å². The predicted molar refractivity (Wildman–Crippen MR) is 71.9 cm³/mol. The van der Waals surface area contributed by atoms with Crippen LogP contribution in [0.25, 0.3) is 0 Å². The second kappa shape index (κ2) is 6.35. The molecule has 0 spiro atoms. The number of urea groups is 1. The number of hydrogen-bond acceptors (Lipinski definition) is 3. The van der Waals surface area contributed by atoms with E-state index in [1.54, 1.807) is 19.2 Å². The molecule has 1 N–H and O–H groups in total. The van der Waals surface area contributed by atoms with Crippen LogP contribution in [0.2, 0.25) is 5.02 Å². The Bertz CT molecular complexity index is 438. The number of nitrogens with zero attached hydrogens (tertiary/aromatic N) is 1. The van der Waals surface area contributed by atoms with Gasteiger partial charge >= 0.3 is 6.03 Å². The van der Waals surface area contributed by atoms with Crippen LogP contribution < -0.4 is 14.8 Å². The van der Waals surface area contributed by atoms with Crippen molar-refractivity contribution in [2.24, 2.45) is 0 Å². The van der Waals surface area contributed by atoms with Crippen molar-refractivity contribution in [2.75, 3.05) is 33.1 Å². The van der Waals surface area contributed by atoms with E-state index in [1.807, 2.05) is 6.92 Å². The molecule has 0 heterocycles. The summed E-state index contributed by atoms with van der Waals surface area (Å²) in [5.41, 5.74) is 0.508. The molecule has 0 saturated carbocycles. The molecular formula is C12H17ClN2O3. The van der Waals surface area contributed by atoms with Crippen molar-refractivity contribution < 1.29 is 14.3 Å². The molecule has 0 aliphatic rings. The number of halogens is 1. The van der Waals surface area contributed by atoms with E-state index in [0.29, 0.717) is 28.8 Å². The van der Waals surface area contributed by atoms with Crippen molar-refractivity contribution in [3.05, 3.63) is 17.2 Å². The SMILES string of the molecule is CCN(C)C(=O)Nc1cc(Cl)c(OC)cc1OC. The molecule has 2 amide bonds. The van der Waals surface area contributed by atoms with Crippen LogP contribution in [0.1, 0.15) is 6.92 Å². The largest absolute Gasteiger partial charge is 0.495 e. The standard InChI is InChI=1S/C12H17ClN2O3/c1-5-15(2)12(16)14-9-6-8(13)10(17-3)7-11(9)18-4/h6-7H,5H2,1-4H3,(H,14,16). The van der Waals surface area contributed by atoms with E-state index in [9.17, 15) is 4.79 Å². The van der Waals surface area contributed by atoms with Crippen molar-refractivity contribution in [3.63, 3.8) is 0 Å². The summed E-state index contributed by atoms with van der Waals surface area (Å²) in [6, 6.07) is 3.00. The van der Waals surface area contributed by atoms with Gasteiger partial charge in [0.15, 0.2) is 0 Å². The number of ether oxygens (including phenoxy) is 2. The molecule has 1 aromatic carbocycles. The van der Waals surface area contributed by atoms with Gasteiger partial charge in [-0.25, -0.2) is 4.79 Å². The van der Waals surface area contributed by atoms with Gasteiger partial charge in [0.1, 0.15) is 11.5 Å². The average molecular weight is 273 g/mol. The summed E-state index contributed by atoms with van der Waals surface area (Å²) in [7, 11) is 4.73. The minimum absolute atomic E-state index is 0.225. The first-order valence-electron chi connectivity index (χ1n) is 5.47. The molecular weight excluding hydrogens is 256 g/mol. The summed E-state index contributed by atoms with van der Waals surface area (Å²) in [6.07, 6.45) is 0. The van der Waals surface area contributed by atoms with Crippen LogP contribution in [-0.2, 0) is 0 Å². The van der Waals surface area contributed by atoms with E-state index in [2.05, 4.69) is 5.32 Å². The van der Waals surface area contributed by atoms with Crippen molar-refractivity contribution in [1.29, 1.82) is 0 Å². The fraction of sp³-hybridized carbons (Fsp3) is 0.417. The van der Waals surface area contributed by atoms with Crippen molar-refractivity contribution in [3.8, 4) is 11.5 Å². The highest BCUT2D eigenvalue weighted by atomic mass is 35.5. The number of hydrogen-bond donors (Lipinski definition) is 1. The van der Waals surface area contributed by atoms with Crippen molar-refractivity contribution in [1.82, 2.24) is 4.90 Å². The number of rotatable bonds is 4. The normalized spacial score (nSPS) is 9.83. The van der Waals surface area contributed by atoms with Crippen molar-refractivity contribution >= 4 is 23.3 Å². The number of carbonyl (C=O) groups is 1. The van der Waals surface area contributed by atoms with Crippen LogP contribution >= 0.6 is 11.6 Å². The number of nitrogens with one attached hydrogen (secondary N) is 1. The van der Waals surface area contributed by atoms with E-state index in [-0.39, 0.29) is 6.03 Å². The Labute approximate surface area is 112 Å². The number of anilines is 1. The van der Waals surface area contributed by atoms with Crippen LogP contribution in [-0.4, -0.2) is 38.7 Å². The number of amides is 2. The topological polar surface area (TPSA) is 50.8 Å². The van der Waals surface area contributed by atoms with Gasteiger partial charge < -0.3 is 19.7 Å². The molecule has 0 atom stereocenters. The lowest BCUT2D eigenvalue weighted by atomic mass is 10.2. The molecule has 1 rings (SSSR count). The van der Waals surface area contributed by atoms with Gasteiger partial charge in [-0.3, -0.25) is 0 Å². The highest BCUT2D eigenvalue weighted by molar-refractivity contribution is 6.32. The summed E-state index contributed by atoms with van der Waals surface area (Å²) in [4.78, 5) is 13.3. The van der Waals surface area contributed by atoms with E-state index in [4.69, 9.17) is 21.1 Å². The lowest BCUT2D eigenvalue weighted by Gasteiger charge is -2.18. The molecule has 0 unspecified atom stereocenters. The Morgan fingerprint density at radius 1 is 1.33 bits per heavy atom. The predicted octanol–water partition coefficient (Wildman–Crippen LogP) is 2.84. The molecule has 100 valence electrons. The van der Waals surface area contributed by atoms with E-state index in [1.165, 1.54) is 19.1 Å². The summed E-state index contributed by atoms with van der Waals surface area (Å²) in [6.45, 7) is 2.50. The maximum absolute atomic E-state index is 11.8. The van der Waals surface area contributed by atoms with Crippen molar-refractivity contribution in [2.45, 2.75) is 6.92 Å². The summed E-state index contributed by atoms with van der Waals surface area (Å²) in [5, 5.41) is 3.14. The lowest BCUT2D eigenvalue weighted by Crippen LogP contribution is -2.31. The summed E-state index contributed by atoms with van der Waals surface area (Å²) < 4.78 is 10.3. The van der Waals surface area contributed by atoms with Crippen LogP contribution in [0.3, 0.4) is 0 Å². The smallest absolute Gasteiger partial charge is 0.321 e. The highest BCUT2D eigenvalue weighted by Crippen LogP contribution is 2.35. The van der Waals surface area contributed by atoms with E-state index in [0.717, 1.165) is 0 Å². The van der Waals surface area contributed by atoms with Gasteiger partial charge in [-0.2, -0.15) is 0 Å². The molecule has 6 heteroatoms. The second-order valence-corrected chi connectivity index (χ2v) is 4.04. The molecule has 0 aliphatic carbocycles. The van der Waals surface area contributed by atoms with Crippen LogP contribution in [0.5, 0.6) is 11.5 Å².